The summed E-state index contributed by atoms with van der Waals surface area (Å²) in [6, 6.07) is 12.9. The maximum absolute atomic E-state index is 13.1. The van der Waals surface area contributed by atoms with Crippen molar-refractivity contribution < 1.29 is 18.7 Å². The monoisotopic (exact) mass is 441 g/mol. The number of nitrogens with one attached hydrogen (secondary N) is 1. The minimum absolute atomic E-state index is 0.122. The molecule has 1 heterocycles. The van der Waals surface area contributed by atoms with E-state index < -0.39 is 11.2 Å². The van der Waals surface area contributed by atoms with Crippen LogP contribution in [0.15, 0.2) is 42.5 Å². The summed E-state index contributed by atoms with van der Waals surface area (Å²) in [5.41, 5.74) is 0.406. The van der Waals surface area contributed by atoms with E-state index in [0.29, 0.717) is 43.6 Å². The first kappa shape index (κ1) is 22.4. The number of rotatable bonds is 7. The molecule has 0 aliphatic carbocycles. The van der Waals surface area contributed by atoms with Crippen LogP contribution in [0.5, 0.6) is 5.75 Å². The van der Waals surface area contributed by atoms with Crippen LogP contribution in [0.2, 0.25) is 5.02 Å². The Morgan fingerprint density at radius 2 is 1.90 bits per heavy atom. The lowest BCUT2D eigenvalue weighted by atomic mass is 9.75. The number of ketones is 1. The molecule has 160 valence electrons. The van der Waals surface area contributed by atoms with Gasteiger partial charge in [0, 0.05) is 18.1 Å². The van der Waals surface area contributed by atoms with Gasteiger partial charge in [-0.05, 0) is 55.2 Å². The largest absolute Gasteiger partial charge is 0.483 e. The molecule has 1 fully saturated rings. The van der Waals surface area contributed by atoms with E-state index in [1.807, 2.05) is 0 Å². The molecule has 1 aliphatic heterocycles. The van der Waals surface area contributed by atoms with Crippen LogP contribution in [-0.4, -0.2) is 42.5 Å². The van der Waals surface area contributed by atoms with Gasteiger partial charge in [-0.3, -0.25) is 9.59 Å². The molecule has 3 rings (SSSR count). The topological polar surface area (TPSA) is 94.2 Å². The Labute approximate surface area is 184 Å². The van der Waals surface area contributed by atoms with Gasteiger partial charge in [-0.1, -0.05) is 23.7 Å². The van der Waals surface area contributed by atoms with Crippen molar-refractivity contribution in [2.75, 3.05) is 19.7 Å². The summed E-state index contributed by atoms with van der Waals surface area (Å²) in [6.45, 7) is 0.547. The van der Waals surface area contributed by atoms with Gasteiger partial charge in [-0.2, -0.15) is 5.26 Å². The summed E-state index contributed by atoms with van der Waals surface area (Å²) in [6.07, 6.45) is 2.17. The first-order valence-corrected chi connectivity index (χ1v) is 10.1. The third kappa shape index (κ3) is 5.47. The molecule has 1 N–H and O–H groups in total. The van der Waals surface area contributed by atoms with Crippen LogP contribution in [0.25, 0.3) is 0 Å². The zero-order chi connectivity index (χ0) is 22.4. The smallest absolute Gasteiger partial charge is 0.260 e. The average molecular weight is 442 g/mol. The molecule has 0 aromatic heterocycles. The highest BCUT2D eigenvalue weighted by molar-refractivity contribution is 6.36. The summed E-state index contributed by atoms with van der Waals surface area (Å²) in [4.78, 5) is 26.1. The second-order valence-corrected chi connectivity index (χ2v) is 7.95. The number of piperidine rings is 1. The first-order chi connectivity index (χ1) is 14.9. The van der Waals surface area contributed by atoms with E-state index in [-0.39, 0.29) is 29.6 Å². The molecule has 31 heavy (non-hydrogen) atoms. The van der Waals surface area contributed by atoms with E-state index in [0.717, 1.165) is 5.56 Å². The molecule has 1 aliphatic rings. The van der Waals surface area contributed by atoms with Gasteiger partial charge >= 0.3 is 0 Å². The summed E-state index contributed by atoms with van der Waals surface area (Å²) in [7, 11) is 0. The molecule has 0 radical (unpaired) electrons. The van der Waals surface area contributed by atoms with Gasteiger partial charge in [0.1, 0.15) is 11.6 Å². The van der Waals surface area contributed by atoms with E-state index >= 15 is 0 Å². The van der Waals surface area contributed by atoms with Crippen LogP contribution in [0.1, 0.15) is 28.8 Å². The molecule has 8 heteroatoms. The minimum Gasteiger partial charge on any atom is -0.483 e. The fourth-order valence-corrected chi connectivity index (χ4v) is 3.81. The molecule has 0 unspecified atom stereocenters. The number of carbonyl (C=O) groups is 2. The van der Waals surface area contributed by atoms with Crippen molar-refractivity contribution in [3.05, 3.63) is 64.4 Å². The Morgan fingerprint density at radius 1 is 1.23 bits per heavy atom. The van der Waals surface area contributed by atoms with Crippen LogP contribution in [0.4, 0.5) is 4.39 Å². The average Bonchev–Trinajstić information content (AvgIpc) is 2.79. The van der Waals surface area contributed by atoms with Crippen LogP contribution in [-0.2, 0) is 11.2 Å². The van der Waals surface area contributed by atoms with Crippen molar-refractivity contribution in [3.8, 4) is 11.8 Å². The second kappa shape index (κ2) is 9.71. The third-order valence-corrected chi connectivity index (χ3v) is 5.69. The molecule has 6 nitrogen and oxygen atoms in total. The second-order valence-electron chi connectivity index (χ2n) is 7.51. The lowest BCUT2D eigenvalue weighted by molar-refractivity contribution is -0.135. The highest BCUT2D eigenvalue weighted by atomic mass is 35.5. The van der Waals surface area contributed by atoms with Crippen molar-refractivity contribution in [1.29, 1.82) is 10.7 Å². The van der Waals surface area contributed by atoms with Gasteiger partial charge in [-0.15, -0.1) is 0 Å². The first-order valence-electron chi connectivity index (χ1n) is 9.76. The SMILES string of the molecule is N#CC1(Cc2ccc(F)cc2)CCN(C(=O)COc2ccc(Cl)cc2C(=O)C=N)CC1. The number of nitrogens with zero attached hydrogens (tertiary/aromatic N) is 2. The van der Waals surface area contributed by atoms with Crippen molar-refractivity contribution in [1.82, 2.24) is 4.90 Å². The highest BCUT2D eigenvalue weighted by Gasteiger charge is 2.36. The van der Waals surface area contributed by atoms with E-state index in [9.17, 15) is 19.2 Å². The number of hydrogen-bond acceptors (Lipinski definition) is 5. The maximum Gasteiger partial charge on any atom is 0.260 e. The number of carbonyl (C=O) groups excluding carboxylic acids is 2. The Hall–Kier alpha value is -3.24. The number of ether oxygens (including phenoxy) is 1. The lowest BCUT2D eigenvalue weighted by Gasteiger charge is -2.37. The molecule has 0 atom stereocenters. The number of likely N-dealkylation sites (tertiary alicyclic amines) is 1. The number of nitriles is 1. The van der Waals surface area contributed by atoms with Crippen molar-refractivity contribution >= 4 is 29.5 Å². The molecule has 0 bridgehead atoms. The predicted molar refractivity (Wildman–Crippen MR) is 114 cm³/mol. The van der Waals surface area contributed by atoms with Crippen LogP contribution < -0.4 is 4.74 Å². The summed E-state index contributed by atoms with van der Waals surface area (Å²) in [5.74, 6) is -0.952. The predicted octanol–water partition coefficient (Wildman–Crippen LogP) is 4.07. The van der Waals surface area contributed by atoms with Gasteiger partial charge in [-0.25, -0.2) is 4.39 Å². The van der Waals surface area contributed by atoms with Crippen molar-refractivity contribution in [2.45, 2.75) is 19.3 Å². The molecule has 1 amide bonds. The Balaban J connectivity index is 1.59. The zero-order valence-corrected chi connectivity index (χ0v) is 17.5. The van der Waals surface area contributed by atoms with Crippen LogP contribution in [0.3, 0.4) is 0 Å². The maximum atomic E-state index is 13.1. The zero-order valence-electron chi connectivity index (χ0n) is 16.7. The number of halogens is 2. The van der Waals surface area contributed by atoms with E-state index in [1.54, 1.807) is 23.1 Å². The molecule has 0 saturated carbocycles. The Morgan fingerprint density at radius 3 is 2.52 bits per heavy atom. The van der Waals surface area contributed by atoms with E-state index in [1.165, 1.54) is 24.3 Å². The Bertz CT molecular complexity index is 1030. The van der Waals surface area contributed by atoms with Crippen molar-refractivity contribution in [3.63, 3.8) is 0 Å². The number of amides is 1. The standard InChI is InChI=1S/C23H21ClFN3O3/c24-17-3-6-21(19(11-17)20(29)13-26)31-14-22(30)28-9-7-23(15-27,8-10-28)12-16-1-4-18(25)5-2-16/h1-6,11,13,26H,7-10,12,14H2. The van der Waals surface area contributed by atoms with Gasteiger partial charge in [0.2, 0.25) is 5.78 Å². The minimum atomic E-state index is -0.602. The molecule has 2 aromatic carbocycles. The van der Waals surface area contributed by atoms with Gasteiger partial charge < -0.3 is 15.0 Å². The molecular weight excluding hydrogens is 421 g/mol. The normalized spacial score (nSPS) is 15.1. The van der Waals surface area contributed by atoms with Crippen LogP contribution >= 0.6 is 11.6 Å². The summed E-state index contributed by atoms with van der Waals surface area (Å²) >= 11 is 5.91. The highest BCUT2D eigenvalue weighted by Crippen LogP contribution is 2.34. The lowest BCUT2D eigenvalue weighted by Crippen LogP contribution is -2.45. The summed E-state index contributed by atoms with van der Waals surface area (Å²) in [5, 5.41) is 17.2. The van der Waals surface area contributed by atoms with Crippen molar-refractivity contribution in [2.24, 2.45) is 5.41 Å². The number of Topliss-reactive ketones (excluding diaryl/α,β-unsaturated/α-hetero) is 1. The number of hydrogen-bond donors (Lipinski definition) is 1. The van der Waals surface area contributed by atoms with Gasteiger partial charge in [0.15, 0.2) is 6.61 Å². The van der Waals surface area contributed by atoms with E-state index in [4.69, 9.17) is 21.7 Å². The third-order valence-electron chi connectivity index (χ3n) is 5.46. The van der Waals surface area contributed by atoms with Gasteiger partial charge in [0.05, 0.1) is 23.3 Å². The van der Waals surface area contributed by atoms with Crippen LogP contribution in [0, 0.1) is 28.0 Å². The molecule has 0 spiro atoms. The molecule has 2 aromatic rings. The fraction of sp³-hybridized carbons (Fsp3) is 0.304. The quantitative estimate of drug-likeness (QED) is 0.517. The molecular formula is C23H21ClFN3O3. The number of benzene rings is 2. The van der Waals surface area contributed by atoms with Gasteiger partial charge in [0.25, 0.3) is 5.91 Å². The Kier molecular flexibility index (Phi) is 7.03. The summed E-state index contributed by atoms with van der Waals surface area (Å²) < 4.78 is 18.7. The fourth-order valence-electron chi connectivity index (χ4n) is 3.63. The molecule has 1 saturated heterocycles. The van der Waals surface area contributed by atoms with E-state index in [2.05, 4.69) is 6.07 Å².